The summed E-state index contributed by atoms with van der Waals surface area (Å²) in [5, 5.41) is 10.1. The summed E-state index contributed by atoms with van der Waals surface area (Å²) in [6, 6.07) is 12.8. The third kappa shape index (κ3) is 2.83. The van der Waals surface area contributed by atoms with Crippen molar-refractivity contribution in [1.82, 2.24) is 4.98 Å². The third-order valence-corrected chi connectivity index (χ3v) is 5.97. The summed E-state index contributed by atoms with van der Waals surface area (Å²) in [7, 11) is 0. The van der Waals surface area contributed by atoms with Crippen molar-refractivity contribution >= 4 is 0 Å². The van der Waals surface area contributed by atoms with Crippen LogP contribution in [0.25, 0.3) is 11.1 Å². The zero-order valence-corrected chi connectivity index (χ0v) is 15.9. The molecule has 3 heteroatoms. The number of hydrogen-bond acceptors (Lipinski definition) is 3. The van der Waals surface area contributed by atoms with Crippen LogP contribution in [0.3, 0.4) is 0 Å². The molecule has 1 aromatic carbocycles. The first-order valence-corrected chi connectivity index (χ1v) is 9.59. The quantitative estimate of drug-likeness (QED) is 0.754. The van der Waals surface area contributed by atoms with Gasteiger partial charge in [-0.25, -0.2) is 0 Å². The predicted molar refractivity (Wildman–Crippen MR) is 103 cm³/mol. The van der Waals surface area contributed by atoms with Gasteiger partial charge < -0.3 is 4.74 Å². The molecule has 2 aromatic rings. The first kappa shape index (κ1) is 17.2. The summed E-state index contributed by atoms with van der Waals surface area (Å²) in [6.45, 7) is 7.46. The van der Waals surface area contributed by atoms with Gasteiger partial charge in [-0.15, -0.1) is 0 Å². The highest BCUT2D eigenvalue weighted by molar-refractivity contribution is 5.76. The fourth-order valence-electron chi connectivity index (χ4n) is 4.47. The normalized spacial score (nSPS) is 24.1. The average molecular weight is 346 g/mol. The lowest BCUT2D eigenvalue weighted by molar-refractivity contribution is 0.0128. The fourth-order valence-corrected chi connectivity index (χ4v) is 4.47. The van der Waals surface area contributed by atoms with Gasteiger partial charge in [0.25, 0.3) is 0 Å². The van der Waals surface area contributed by atoms with Crippen LogP contribution in [0.2, 0.25) is 0 Å². The molecule has 0 spiro atoms. The summed E-state index contributed by atoms with van der Waals surface area (Å²) >= 11 is 0. The number of pyridine rings is 1. The van der Waals surface area contributed by atoms with Gasteiger partial charge in [0.1, 0.15) is 11.7 Å². The number of aromatic nitrogens is 1. The summed E-state index contributed by atoms with van der Waals surface area (Å²) < 4.78 is 6.08. The second-order valence-corrected chi connectivity index (χ2v) is 8.64. The molecule has 1 fully saturated rings. The summed E-state index contributed by atoms with van der Waals surface area (Å²) in [6.07, 6.45) is 5.01. The standard InChI is InChI=1S/C23H26N2O/c1-22(2)12-10-19-17(14-22)20(16-8-5-4-6-9-16)18(15-24)21(25-19)23(3)11-7-13-26-23/h4-6,8-9H,7,10-14H2,1-3H3. The number of nitrogens with zero attached hydrogens (tertiary/aromatic N) is 2. The molecule has 1 saturated heterocycles. The van der Waals surface area contributed by atoms with E-state index in [-0.39, 0.29) is 5.41 Å². The number of nitriles is 1. The Balaban J connectivity index is 2.02. The van der Waals surface area contributed by atoms with E-state index in [1.807, 2.05) is 18.2 Å². The highest BCUT2D eigenvalue weighted by Crippen LogP contribution is 2.45. The molecular formula is C23H26N2O. The van der Waals surface area contributed by atoms with E-state index in [9.17, 15) is 5.26 Å². The van der Waals surface area contributed by atoms with Crippen molar-refractivity contribution in [3.05, 3.63) is 52.8 Å². The van der Waals surface area contributed by atoms with Crippen LogP contribution in [-0.2, 0) is 23.2 Å². The number of fused-ring (bicyclic) bond motifs is 1. The first-order chi connectivity index (χ1) is 12.4. The summed E-state index contributed by atoms with van der Waals surface area (Å²) in [5.41, 5.74) is 5.95. The fraction of sp³-hybridized carbons (Fsp3) is 0.478. The van der Waals surface area contributed by atoms with E-state index in [0.29, 0.717) is 5.56 Å². The van der Waals surface area contributed by atoms with Crippen LogP contribution in [0, 0.1) is 16.7 Å². The maximum atomic E-state index is 10.1. The van der Waals surface area contributed by atoms with Crippen molar-refractivity contribution < 1.29 is 4.74 Å². The highest BCUT2D eigenvalue weighted by Gasteiger charge is 2.39. The number of ether oxygens (including phenoxy) is 1. The van der Waals surface area contributed by atoms with E-state index in [4.69, 9.17) is 9.72 Å². The van der Waals surface area contributed by atoms with Gasteiger partial charge in [-0.2, -0.15) is 5.26 Å². The molecule has 4 rings (SSSR count). The lowest BCUT2D eigenvalue weighted by Gasteiger charge is -2.34. The zero-order valence-electron chi connectivity index (χ0n) is 15.9. The Bertz CT molecular complexity index is 871. The molecule has 2 heterocycles. The Morgan fingerprint density at radius 3 is 2.54 bits per heavy atom. The molecule has 26 heavy (non-hydrogen) atoms. The average Bonchev–Trinajstić information content (AvgIpc) is 3.08. The van der Waals surface area contributed by atoms with Gasteiger partial charge in [-0.05, 0) is 55.6 Å². The Morgan fingerprint density at radius 2 is 1.88 bits per heavy atom. The molecule has 2 aliphatic rings. The van der Waals surface area contributed by atoms with E-state index in [1.165, 1.54) is 5.56 Å². The molecule has 134 valence electrons. The molecule has 1 aromatic heterocycles. The van der Waals surface area contributed by atoms with Crippen LogP contribution in [-0.4, -0.2) is 11.6 Å². The Hall–Kier alpha value is -2.18. The van der Waals surface area contributed by atoms with E-state index < -0.39 is 5.60 Å². The van der Waals surface area contributed by atoms with Crippen LogP contribution < -0.4 is 0 Å². The number of rotatable bonds is 2. The molecule has 0 radical (unpaired) electrons. The molecule has 3 nitrogen and oxygen atoms in total. The van der Waals surface area contributed by atoms with Gasteiger partial charge in [-0.1, -0.05) is 44.2 Å². The lowest BCUT2D eigenvalue weighted by atomic mass is 9.72. The van der Waals surface area contributed by atoms with Gasteiger partial charge in [0, 0.05) is 17.9 Å². The van der Waals surface area contributed by atoms with Crippen LogP contribution in [0.4, 0.5) is 0 Å². The Labute approximate surface area is 156 Å². The number of benzene rings is 1. The third-order valence-electron chi connectivity index (χ3n) is 5.97. The maximum Gasteiger partial charge on any atom is 0.109 e. The van der Waals surface area contributed by atoms with Crippen LogP contribution in [0.1, 0.15) is 62.5 Å². The van der Waals surface area contributed by atoms with Crippen LogP contribution >= 0.6 is 0 Å². The van der Waals surface area contributed by atoms with E-state index in [1.54, 1.807) is 0 Å². The molecule has 0 bridgehead atoms. The van der Waals surface area contributed by atoms with E-state index >= 15 is 0 Å². The van der Waals surface area contributed by atoms with Crippen molar-refractivity contribution in [1.29, 1.82) is 5.26 Å². The second-order valence-electron chi connectivity index (χ2n) is 8.64. The first-order valence-electron chi connectivity index (χ1n) is 9.59. The van der Waals surface area contributed by atoms with Gasteiger partial charge in [0.2, 0.25) is 0 Å². The van der Waals surface area contributed by atoms with Gasteiger partial charge in [0.15, 0.2) is 0 Å². The molecule has 1 atom stereocenters. The molecule has 1 aliphatic carbocycles. The van der Waals surface area contributed by atoms with Crippen LogP contribution in [0.5, 0.6) is 0 Å². The number of hydrogen-bond donors (Lipinski definition) is 0. The summed E-state index contributed by atoms with van der Waals surface area (Å²) in [4.78, 5) is 5.04. The van der Waals surface area contributed by atoms with Crippen LogP contribution in [0.15, 0.2) is 30.3 Å². The monoisotopic (exact) mass is 346 g/mol. The van der Waals surface area contributed by atoms with Gasteiger partial charge in [0.05, 0.1) is 11.3 Å². The smallest absolute Gasteiger partial charge is 0.109 e. The molecule has 1 aliphatic heterocycles. The minimum Gasteiger partial charge on any atom is -0.369 e. The maximum absolute atomic E-state index is 10.1. The Kier molecular flexibility index (Phi) is 4.12. The minimum atomic E-state index is -0.448. The minimum absolute atomic E-state index is 0.236. The molecular weight excluding hydrogens is 320 g/mol. The zero-order chi connectivity index (χ0) is 18.4. The van der Waals surface area contributed by atoms with E-state index in [0.717, 1.165) is 61.2 Å². The highest BCUT2D eigenvalue weighted by atomic mass is 16.5. The molecule has 0 saturated carbocycles. The molecule has 1 unspecified atom stereocenters. The largest absolute Gasteiger partial charge is 0.369 e. The van der Waals surface area contributed by atoms with Crippen molar-refractivity contribution in [3.63, 3.8) is 0 Å². The van der Waals surface area contributed by atoms with Crippen molar-refractivity contribution in [2.24, 2.45) is 5.41 Å². The topological polar surface area (TPSA) is 45.9 Å². The van der Waals surface area contributed by atoms with Gasteiger partial charge >= 0.3 is 0 Å². The van der Waals surface area contributed by atoms with Gasteiger partial charge in [-0.3, -0.25) is 4.98 Å². The lowest BCUT2D eigenvalue weighted by Crippen LogP contribution is -2.29. The van der Waals surface area contributed by atoms with Crippen molar-refractivity contribution in [2.45, 2.75) is 58.5 Å². The molecule has 0 amide bonds. The predicted octanol–water partition coefficient (Wildman–Crippen LogP) is 5.16. The van der Waals surface area contributed by atoms with Crippen molar-refractivity contribution in [3.8, 4) is 17.2 Å². The second kappa shape index (κ2) is 6.21. The number of aryl methyl sites for hydroxylation is 1. The van der Waals surface area contributed by atoms with E-state index in [2.05, 4.69) is 39.0 Å². The molecule has 0 N–H and O–H groups in total. The SMILES string of the molecule is CC1(C)CCc2nc(C3(C)CCCO3)c(C#N)c(-c3ccccc3)c2C1. The van der Waals surface area contributed by atoms with Crippen molar-refractivity contribution in [2.75, 3.05) is 6.61 Å². The Morgan fingerprint density at radius 1 is 1.12 bits per heavy atom. The summed E-state index contributed by atoms with van der Waals surface area (Å²) in [5.74, 6) is 0.